The van der Waals surface area contributed by atoms with Crippen molar-refractivity contribution in [3.05, 3.63) is 24.3 Å². The standard InChI is InChI=1S/C15H16F3N5O3S/c16-15(17,18)26-11-5-3-10(4-6-11)23-14(20-21-22-23)27-9-13(24)19-8-12-2-1-7-25-12/h3-6,12H,1-2,7-9H2,(H,19,24)/t12-/m0/s1. The number of halogens is 3. The number of aromatic nitrogens is 4. The van der Waals surface area contributed by atoms with Crippen LogP contribution in [0, 0.1) is 0 Å². The summed E-state index contributed by atoms with van der Waals surface area (Å²) in [7, 11) is 0. The molecule has 1 atom stereocenters. The van der Waals surface area contributed by atoms with E-state index in [0.29, 0.717) is 17.4 Å². The first kappa shape index (κ1) is 19.4. The monoisotopic (exact) mass is 403 g/mol. The minimum atomic E-state index is -4.76. The molecule has 1 aliphatic rings. The van der Waals surface area contributed by atoms with Crippen molar-refractivity contribution in [2.75, 3.05) is 18.9 Å². The molecule has 0 unspecified atom stereocenters. The molecule has 1 saturated heterocycles. The highest BCUT2D eigenvalue weighted by Crippen LogP contribution is 2.25. The maximum Gasteiger partial charge on any atom is 0.573 e. The maximum atomic E-state index is 12.2. The van der Waals surface area contributed by atoms with Gasteiger partial charge in [-0.15, -0.1) is 18.3 Å². The second kappa shape index (κ2) is 8.57. The van der Waals surface area contributed by atoms with Gasteiger partial charge in [-0.05, 0) is 47.5 Å². The van der Waals surface area contributed by atoms with Crippen molar-refractivity contribution in [1.29, 1.82) is 0 Å². The molecule has 8 nitrogen and oxygen atoms in total. The van der Waals surface area contributed by atoms with Gasteiger partial charge in [0.15, 0.2) is 0 Å². The molecule has 1 aromatic heterocycles. The first-order valence-corrected chi connectivity index (χ1v) is 9.05. The van der Waals surface area contributed by atoms with Gasteiger partial charge in [-0.25, -0.2) is 0 Å². The fourth-order valence-corrected chi connectivity index (χ4v) is 3.15. The molecule has 146 valence electrons. The van der Waals surface area contributed by atoms with E-state index in [-0.39, 0.29) is 23.5 Å². The van der Waals surface area contributed by atoms with Gasteiger partial charge in [0.25, 0.3) is 0 Å². The minimum Gasteiger partial charge on any atom is -0.406 e. The van der Waals surface area contributed by atoms with Crippen LogP contribution < -0.4 is 10.1 Å². The average Bonchev–Trinajstić information content (AvgIpc) is 3.29. The Morgan fingerprint density at radius 3 is 2.81 bits per heavy atom. The number of nitrogens with zero attached hydrogens (tertiary/aromatic N) is 4. The van der Waals surface area contributed by atoms with E-state index in [1.54, 1.807) is 0 Å². The molecule has 1 fully saturated rings. The summed E-state index contributed by atoms with van der Waals surface area (Å²) in [6.45, 7) is 1.18. The zero-order valence-electron chi connectivity index (χ0n) is 14.0. The molecule has 27 heavy (non-hydrogen) atoms. The van der Waals surface area contributed by atoms with Crippen LogP contribution >= 0.6 is 11.8 Å². The minimum absolute atomic E-state index is 0.0571. The highest BCUT2D eigenvalue weighted by Gasteiger charge is 2.31. The third-order valence-electron chi connectivity index (χ3n) is 3.64. The van der Waals surface area contributed by atoms with Gasteiger partial charge in [0.05, 0.1) is 17.5 Å². The average molecular weight is 403 g/mol. The molecule has 1 N–H and O–H groups in total. The zero-order chi connectivity index (χ0) is 19.3. The number of thioether (sulfide) groups is 1. The summed E-state index contributed by atoms with van der Waals surface area (Å²) < 4.78 is 47.2. The molecule has 1 amide bonds. The number of amides is 1. The van der Waals surface area contributed by atoms with E-state index in [0.717, 1.165) is 43.3 Å². The number of nitrogens with one attached hydrogen (secondary N) is 1. The van der Waals surface area contributed by atoms with Crippen molar-refractivity contribution in [3.8, 4) is 11.4 Å². The van der Waals surface area contributed by atoms with E-state index in [1.807, 2.05) is 0 Å². The van der Waals surface area contributed by atoms with Crippen LogP contribution in [0.2, 0.25) is 0 Å². The molecule has 2 aromatic rings. The normalized spacial score (nSPS) is 17.1. The lowest BCUT2D eigenvalue weighted by atomic mass is 10.2. The molecule has 0 aliphatic carbocycles. The maximum absolute atomic E-state index is 12.2. The first-order chi connectivity index (χ1) is 12.9. The third kappa shape index (κ3) is 5.82. The Bertz CT molecular complexity index is 763. The quantitative estimate of drug-likeness (QED) is 0.707. The molecule has 1 aliphatic heterocycles. The lowest BCUT2D eigenvalue weighted by Gasteiger charge is -2.11. The Morgan fingerprint density at radius 1 is 1.37 bits per heavy atom. The molecular formula is C15H16F3N5O3S. The highest BCUT2D eigenvalue weighted by atomic mass is 32.2. The first-order valence-electron chi connectivity index (χ1n) is 8.06. The van der Waals surface area contributed by atoms with Crippen LogP contribution in [-0.2, 0) is 9.53 Å². The Kier molecular flexibility index (Phi) is 6.16. The Balaban J connectivity index is 1.54. The summed E-state index contributed by atoms with van der Waals surface area (Å²) in [5, 5.41) is 14.3. The van der Waals surface area contributed by atoms with Crippen LogP contribution in [0.4, 0.5) is 13.2 Å². The lowest BCUT2D eigenvalue weighted by molar-refractivity contribution is -0.274. The number of benzene rings is 1. The van der Waals surface area contributed by atoms with Crippen molar-refractivity contribution in [2.24, 2.45) is 0 Å². The van der Waals surface area contributed by atoms with Crippen molar-refractivity contribution < 1.29 is 27.4 Å². The number of rotatable bonds is 7. The number of carbonyl (C=O) groups excluding carboxylic acids is 1. The van der Waals surface area contributed by atoms with Crippen LogP contribution in [0.15, 0.2) is 29.4 Å². The van der Waals surface area contributed by atoms with Crippen LogP contribution in [0.5, 0.6) is 5.75 Å². The summed E-state index contributed by atoms with van der Waals surface area (Å²) in [5.74, 6) is -0.427. The largest absolute Gasteiger partial charge is 0.573 e. The van der Waals surface area contributed by atoms with Crippen LogP contribution in [0.3, 0.4) is 0 Å². The molecule has 12 heteroatoms. The predicted octanol–water partition coefficient (Wildman–Crippen LogP) is 1.95. The second-order valence-electron chi connectivity index (χ2n) is 5.64. The van der Waals surface area contributed by atoms with Crippen LogP contribution in [-0.4, -0.2) is 57.5 Å². The van der Waals surface area contributed by atoms with E-state index >= 15 is 0 Å². The Morgan fingerprint density at radius 2 is 2.15 bits per heavy atom. The summed E-state index contributed by atoms with van der Waals surface area (Å²) in [6, 6.07) is 5.10. The molecule has 0 radical (unpaired) electrons. The van der Waals surface area contributed by atoms with Crippen molar-refractivity contribution in [2.45, 2.75) is 30.5 Å². The summed E-state index contributed by atoms with van der Waals surface area (Å²) in [6.07, 6.45) is -2.77. The molecule has 2 heterocycles. The Hall–Kier alpha value is -2.34. The van der Waals surface area contributed by atoms with E-state index in [1.165, 1.54) is 16.8 Å². The summed E-state index contributed by atoms with van der Waals surface area (Å²) in [4.78, 5) is 11.9. The van der Waals surface area contributed by atoms with Crippen LogP contribution in [0.25, 0.3) is 5.69 Å². The smallest absolute Gasteiger partial charge is 0.406 e. The highest BCUT2D eigenvalue weighted by molar-refractivity contribution is 7.99. The fourth-order valence-electron chi connectivity index (χ4n) is 2.43. The van der Waals surface area contributed by atoms with Gasteiger partial charge >= 0.3 is 6.36 Å². The number of carbonyl (C=O) groups is 1. The predicted molar refractivity (Wildman–Crippen MR) is 88.5 cm³/mol. The zero-order valence-corrected chi connectivity index (χ0v) is 14.8. The number of tetrazole rings is 1. The molecule has 0 bridgehead atoms. The van der Waals surface area contributed by atoms with Gasteiger partial charge in [0.2, 0.25) is 11.1 Å². The van der Waals surface area contributed by atoms with E-state index in [2.05, 4.69) is 25.6 Å². The number of hydrogen-bond acceptors (Lipinski definition) is 7. The molecule has 0 saturated carbocycles. The number of alkyl halides is 3. The van der Waals surface area contributed by atoms with Gasteiger partial charge in [0, 0.05) is 13.2 Å². The van der Waals surface area contributed by atoms with Gasteiger partial charge in [0.1, 0.15) is 5.75 Å². The number of hydrogen-bond donors (Lipinski definition) is 1. The summed E-state index contributed by atoms with van der Waals surface area (Å²) in [5.41, 5.74) is 0.441. The molecule has 3 rings (SSSR count). The lowest BCUT2D eigenvalue weighted by Crippen LogP contribution is -2.32. The van der Waals surface area contributed by atoms with Crippen molar-refractivity contribution >= 4 is 17.7 Å². The summed E-state index contributed by atoms with van der Waals surface area (Å²) >= 11 is 1.12. The topological polar surface area (TPSA) is 91.2 Å². The van der Waals surface area contributed by atoms with E-state index in [9.17, 15) is 18.0 Å². The fraction of sp³-hybridized carbons (Fsp3) is 0.467. The number of ether oxygens (including phenoxy) is 2. The van der Waals surface area contributed by atoms with Gasteiger partial charge in [-0.2, -0.15) is 4.68 Å². The van der Waals surface area contributed by atoms with E-state index < -0.39 is 6.36 Å². The van der Waals surface area contributed by atoms with E-state index in [4.69, 9.17) is 4.74 Å². The van der Waals surface area contributed by atoms with Crippen LogP contribution in [0.1, 0.15) is 12.8 Å². The molecule has 1 aromatic carbocycles. The van der Waals surface area contributed by atoms with Gasteiger partial charge in [-0.1, -0.05) is 11.8 Å². The third-order valence-corrected chi connectivity index (χ3v) is 4.56. The second-order valence-corrected chi connectivity index (χ2v) is 6.59. The van der Waals surface area contributed by atoms with Gasteiger partial charge < -0.3 is 14.8 Å². The Labute approximate surface area is 156 Å². The SMILES string of the molecule is O=C(CSc1nnnn1-c1ccc(OC(F)(F)F)cc1)NC[C@@H]1CCCO1. The molecule has 0 spiro atoms. The van der Waals surface area contributed by atoms with Gasteiger partial charge in [-0.3, -0.25) is 4.79 Å². The van der Waals surface area contributed by atoms with Crippen molar-refractivity contribution in [1.82, 2.24) is 25.5 Å². The molecular weight excluding hydrogens is 387 g/mol. The van der Waals surface area contributed by atoms with Crippen molar-refractivity contribution in [3.63, 3.8) is 0 Å².